The summed E-state index contributed by atoms with van der Waals surface area (Å²) in [6.07, 6.45) is 6.06. The third-order valence-electron chi connectivity index (χ3n) is 9.15. The molecule has 222 valence electrons. The van der Waals surface area contributed by atoms with Crippen molar-refractivity contribution in [3.05, 3.63) is 71.8 Å². The van der Waals surface area contributed by atoms with Crippen molar-refractivity contribution in [2.75, 3.05) is 6.16 Å². The van der Waals surface area contributed by atoms with Crippen LogP contribution >= 0.6 is 7.37 Å². The third kappa shape index (κ3) is 7.61. The van der Waals surface area contributed by atoms with Crippen molar-refractivity contribution >= 4 is 19.4 Å². The average molecular weight is 582 g/mol. The zero-order valence-electron chi connectivity index (χ0n) is 24.2. The maximum Gasteiger partial charge on any atom is 0.408 e. The van der Waals surface area contributed by atoms with Crippen LogP contribution in [0.15, 0.2) is 60.7 Å². The van der Waals surface area contributed by atoms with E-state index < -0.39 is 36.7 Å². The summed E-state index contributed by atoms with van der Waals surface area (Å²) >= 11 is 0. The highest BCUT2D eigenvalue weighted by molar-refractivity contribution is 7.59. The summed E-state index contributed by atoms with van der Waals surface area (Å²) in [4.78, 5) is 25.6. The van der Waals surface area contributed by atoms with Gasteiger partial charge < -0.3 is 19.7 Å². The Bertz CT molecular complexity index is 1200. The maximum atomic E-state index is 15.4. The number of nitrogens with one attached hydrogen (secondary N) is 1. The molecule has 4 saturated carbocycles. The van der Waals surface area contributed by atoms with Crippen LogP contribution < -0.4 is 5.32 Å². The molecule has 0 aliphatic heterocycles. The lowest BCUT2D eigenvalue weighted by Crippen LogP contribution is -2.52. The maximum absolute atomic E-state index is 15.4. The number of hydrogen-bond donors (Lipinski definition) is 2. The quantitative estimate of drug-likeness (QED) is 0.238. The fourth-order valence-corrected chi connectivity index (χ4v) is 10.9. The van der Waals surface area contributed by atoms with Gasteiger partial charge in [0.1, 0.15) is 12.4 Å². The Labute approximate surface area is 243 Å². The lowest BCUT2D eigenvalue weighted by molar-refractivity contribution is -0.141. The molecule has 4 fully saturated rings. The number of aliphatic carboxylic acids is 1. The zero-order valence-corrected chi connectivity index (χ0v) is 25.1. The van der Waals surface area contributed by atoms with E-state index in [1.165, 1.54) is 19.3 Å². The molecule has 3 unspecified atom stereocenters. The van der Waals surface area contributed by atoms with Crippen LogP contribution in [0.2, 0.25) is 0 Å². The van der Waals surface area contributed by atoms with Gasteiger partial charge in [0.05, 0.1) is 11.5 Å². The van der Waals surface area contributed by atoms with Crippen molar-refractivity contribution in [3.8, 4) is 0 Å². The van der Waals surface area contributed by atoms with Gasteiger partial charge in [-0.2, -0.15) is 0 Å². The minimum Gasteiger partial charge on any atom is -0.481 e. The molecule has 2 aromatic rings. The van der Waals surface area contributed by atoms with Crippen molar-refractivity contribution in [1.82, 2.24) is 5.32 Å². The molecule has 4 bridgehead atoms. The first kappa shape index (κ1) is 29.8. The van der Waals surface area contributed by atoms with Gasteiger partial charge in [0.2, 0.25) is 7.37 Å². The summed E-state index contributed by atoms with van der Waals surface area (Å²) in [5.41, 5.74) is 1.22. The number of carbonyl (C=O) groups excluding carboxylic acids is 1. The van der Waals surface area contributed by atoms with Gasteiger partial charge in [0, 0.05) is 12.6 Å². The van der Waals surface area contributed by atoms with Gasteiger partial charge in [-0.3, -0.25) is 9.36 Å². The van der Waals surface area contributed by atoms with Crippen LogP contribution in [-0.4, -0.2) is 34.7 Å². The average Bonchev–Trinajstić information content (AvgIpc) is 2.91. The molecule has 7 nitrogen and oxygen atoms in total. The zero-order chi connectivity index (χ0) is 29.0. The summed E-state index contributed by atoms with van der Waals surface area (Å²) in [7, 11) is -3.75. The van der Waals surface area contributed by atoms with Crippen molar-refractivity contribution in [2.24, 2.45) is 29.6 Å². The van der Waals surface area contributed by atoms with Crippen LogP contribution in [0, 0.1) is 29.6 Å². The van der Waals surface area contributed by atoms with Gasteiger partial charge in [-0.05, 0) is 79.7 Å². The van der Waals surface area contributed by atoms with Gasteiger partial charge >= 0.3 is 12.1 Å². The number of hydrogen-bond acceptors (Lipinski definition) is 5. The van der Waals surface area contributed by atoms with E-state index in [1.54, 1.807) is 0 Å². The molecular formula is C33H44NO6P. The molecule has 0 spiro atoms. The number of carbonyl (C=O) groups is 2. The number of carboxylic acid groups (broad SMARTS) is 1. The fraction of sp³-hybridized carbons (Fsp3) is 0.576. The highest BCUT2D eigenvalue weighted by Gasteiger charge is 2.55. The lowest BCUT2D eigenvalue weighted by Gasteiger charge is -2.57. The first-order valence-electron chi connectivity index (χ1n) is 15.1. The van der Waals surface area contributed by atoms with Crippen molar-refractivity contribution in [1.29, 1.82) is 0 Å². The van der Waals surface area contributed by atoms with Gasteiger partial charge in [0.25, 0.3) is 0 Å². The third-order valence-corrected chi connectivity index (χ3v) is 12.1. The Morgan fingerprint density at radius 3 is 1.98 bits per heavy atom. The SMILES string of the molecule is CC(C)CC(CP(=O)(OC12CC3CC(CC(C3)C1)C2)C(Cc1ccccc1)NC(=O)OCc1ccccc1)C(=O)O. The first-order valence-corrected chi connectivity index (χ1v) is 17.0. The smallest absolute Gasteiger partial charge is 0.408 e. The van der Waals surface area contributed by atoms with Crippen LogP contribution in [0.1, 0.15) is 69.9 Å². The molecular weight excluding hydrogens is 537 g/mol. The molecule has 1 amide bonds. The number of amides is 1. The van der Waals surface area contributed by atoms with Gasteiger partial charge in [-0.25, -0.2) is 4.79 Å². The second kappa shape index (κ2) is 12.7. The molecule has 0 saturated heterocycles. The van der Waals surface area contributed by atoms with Crippen LogP contribution in [0.4, 0.5) is 4.79 Å². The normalized spacial score (nSPS) is 27.6. The topological polar surface area (TPSA) is 102 Å². The number of benzene rings is 2. The summed E-state index contributed by atoms with van der Waals surface area (Å²) in [5.74, 6) is -0.907. The van der Waals surface area contributed by atoms with E-state index in [0.29, 0.717) is 24.2 Å². The van der Waals surface area contributed by atoms with E-state index in [4.69, 9.17) is 9.26 Å². The summed E-state index contributed by atoms with van der Waals surface area (Å²) < 4.78 is 27.8. The molecule has 4 aliphatic rings. The largest absolute Gasteiger partial charge is 0.481 e. The molecule has 2 aromatic carbocycles. The molecule has 3 atom stereocenters. The molecule has 0 aromatic heterocycles. The highest BCUT2D eigenvalue weighted by atomic mass is 31.2. The van der Waals surface area contributed by atoms with E-state index >= 15 is 4.57 Å². The molecule has 6 rings (SSSR count). The van der Waals surface area contributed by atoms with E-state index in [1.807, 2.05) is 74.5 Å². The van der Waals surface area contributed by atoms with Gasteiger partial charge in [-0.15, -0.1) is 0 Å². The summed E-state index contributed by atoms with van der Waals surface area (Å²) in [6.45, 7) is 4.03. The molecule has 4 aliphatic carbocycles. The van der Waals surface area contributed by atoms with Gasteiger partial charge in [-0.1, -0.05) is 74.5 Å². The van der Waals surface area contributed by atoms with E-state index in [0.717, 1.165) is 30.4 Å². The number of ether oxygens (including phenoxy) is 1. The second-order valence-electron chi connectivity index (χ2n) is 13.2. The first-order chi connectivity index (χ1) is 19.6. The van der Waals surface area contributed by atoms with Gasteiger partial charge in [0.15, 0.2) is 0 Å². The van der Waals surface area contributed by atoms with Crippen LogP contribution in [-0.2, 0) is 31.6 Å². The molecule has 8 heteroatoms. The van der Waals surface area contributed by atoms with Crippen LogP contribution in [0.3, 0.4) is 0 Å². The number of carboxylic acids is 1. The Morgan fingerprint density at radius 1 is 0.927 bits per heavy atom. The van der Waals surface area contributed by atoms with Crippen molar-refractivity contribution in [3.63, 3.8) is 0 Å². The summed E-state index contributed by atoms with van der Waals surface area (Å²) in [5, 5.41) is 13.1. The lowest BCUT2D eigenvalue weighted by atomic mass is 9.54. The van der Waals surface area contributed by atoms with Crippen molar-refractivity contribution < 1.29 is 28.5 Å². The summed E-state index contributed by atoms with van der Waals surface area (Å²) in [6, 6.07) is 19.0. The van der Waals surface area contributed by atoms with Crippen LogP contribution in [0.25, 0.3) is 0 Å². The van der Waals surface area contributed by atoms with Crippen molar-refractivity contribution in [2.45, 2.75) is 83.2 Å². The molecule has 41 heavy (non-hydrogen) atoms. The monoisotopic (exact) mass is 581 g/mol. The molecule has 2 N–H and O–H groups in total. The Kier molecular flexibility index (Phi) is 9.25. The van der Waals surface area contributed by atoms with E-state index in [9.17, 15) is 14.7 Å². The minimum atomic E-state index is -3.75. The predicted octanol–water partition coefficient (Wildman–Crippen LogP) is 7.49. The molecule has 0 radical (unpaired) electrons. The Balaban J connectivity index is 1.45. The highest BCUT2D eigenvalue weighted by Crippen LogP contribution is 2.65. The minimum absolute atomic E-state index is 0.0793. The standard InChI is InChI=1S/C33H44NO6P/c1-23(2)13-29(31(35)36)22-41(38,40-33-18-26-14-27(19-33)16-28(15-26)20-33)30(17-24-9-5-3-6-10-24)34-32(37)39-21-25-11-7-4-8-12-25/h3-12,23,26-30H,13-22H2,1-2H3,(H,34,37)(H,35,36). The van der Waals surface area contributed by atoms with E-state index in [-0.39, 0.29) is 25.1 Å². The predicted molar refractivity (Wildman–Crippen MR) is 159 cm³/mol. The number of alkyl carbamates (subject to hydrolysis) is 1. The second-order valence-corrected chi connectivity index (χ2v) is 15.8. The van der Waals surface area contributed by atoms with E-state index in [2.05, 4.69) is 5.32 Å². The fourth-order valence-electron chi connectivity index (χ4n) is 7.86. The number of rotatable bonds is 13. The van der Waals surface area contributed by atoms with Crippen LogP contribution in [0.5, 0.6) is 0 Å². The molecule has 0 heterocycles. The Hall–Kier alpha value is -2.63. The Morgan fingerprint density at radius 2 is 1.46 bits per heavy atom.